The summed E-state index contributed by atoms with van der Waals surface area (Å²) < 4.78 is 0. The molecular weight excluding hydrogens is 256 g/mol. The molecule has 1 unspecified atom stereocenters. The molecule has 0 aromatic carbocycles. The predicted octanol–water partition coefficient (Wildman–Crippen LogP) is 0.677. The molecule has 18 heavy (non-hydrogen) atoms. The monoisotopic (exact) mass is 266 g/mol. The van der Waals surface area contributed by atoms with E-state index in [1.54, 1.807) is 0 Å². The average molecular weight is 266 g/mol. The molecule has 94 valence electrons. The van der Waals surface area contributed by atoms with Gasteiger partial charge in [0.05, 0.1) is 15.8 Å². The molecule has 2 heterocycles. The van der Waals surface area contributed by atoms with Crippen molar-refractivity contribution >= 4 is 29.5 Å². The molecule has 6 nitrogen and oxygen atoms in total. The molecule has 2 N–H and O–H groups in total. The van der Waals surface area contributed by atoms with E-state index in [1.165, 1.54) is 30.1 Å². The highest BCUT2D eigenvalue weighted by Crippen LogP contribution is 2.27. The Bertz CT molecular complexity index is 518. The molecule has 1 aliphatic rings. The number of carboxylic acid groups (broad SMARTS) is 1. The van der Waals surface area contributed by atoms with Crippen molar-refractivity contribution in [3.63, 3.8) is 0 Å². The van der Waals surface area contributed by atoms with Crippen molar-refractivity contribution < 1.29 is 19.5 Å². The van der Waals surface area contributed by atoms with Gasteiger partial charge in [-0.15, -0.1) is 0 Å². The SMILES string of the molecule is O=C1CCC(Sc2cc(C(=O)O)ccn2)C(=O)N1. The number of carbonyl (C=O) groups is 3. The number of carboxylic acids is 1. The van der Waals surface area contributed by atoms with Crippen LogP contribution in [0.2, 0.25) is 0 Å². The normalized spacial score (nSPS) is 19.4. The zero-order chi connectivity index (χ0) is 13.1. The number of aromatic nitrogens is 1. The lowest BCUT2D eigenvalue weighted by Gasteiger charge is -2.19. The highest BCUT2D eigenvalue weighted by molar-refractivity contribution is 8.00. The summed E-state index contributed by atoms with van der Waals surface area (Å²) in [5, 5.41) is 11.1. The number of hydrogen-bond acceptors (Lipinski definition) is 5. The van der Waals surface area contributed by atoms with Crippen LogP contribution < -0.4 is 5.32 Å². The summed E-state index contributed by atoms with van der Waals surface area (Å²) in [6.45, 7) is 0. The molecular formula is C11H10N2O4S. The minimum Gasteiger partial charge on any atom is -0.478 e. The summed E-state index contributed by atoms with van der Waals surface area (Å²) >= 11 is 1.17. The van der Waals surface area contributed by atoms with Crippen molar-refractivity contribution in [1.29, 1.82) is 0 Å². The largest absolute Gasteiger partial charge is 0.478 e. The number of imide groups is 1. The topological polar surface area (TPSA) is 96.4 Å². The van der Waals surface area contributed by atoms with Crippen LogP contribution in [0.3, 0.4) is 0 Å². The molecule has 1 atom stereocenters. The number of thioether (sulfide) groups is 1. The van der Waals surface area contributed by atoms with Crippen molar-refractivity contribution in [3.05, 3.63) is 23.9 Å². The van der Waals surface area contributed by atoms with Gasteiger partial charge in [-0.3, -0.25) is 14.9 Å². The summed E-state index contributed by atoms with van der Waals surface area (Å²) in [6.07, 6.45) is 2.12. The third-order valence-electron chi connectivity index (χ3n) is 2.43. The number of hydrogen-bond donors (Lipinski definition) is 2. The third-order valence-corrected chi connectivity index (χ3v) is 3.63. The van der Waals surface area contributed by atoms with Crippen molar-refractivity contribution in [3.8, 4) is 0 Å². The zero-order valence-corrected chi connectivity index (χ0v) is 10.1. The molecule has 1 aromatic rings. The highest BCUT2D eigenvalue weighted by atomic mass is 32.2. The number of carbonyl (C=O) groups excluding carboxylic acids is 2. The van der Waals surface area contributed by atoms with Crippen molar-refractivity contribution in [2.45, 2.75) is 23.1 Å². The lowest BCUT2D eigenvalue weighted by molar-refractivity contribution is -0.132. The standard InChI is InChI=1S/C11H10N2O4S/c14-8-2-1-7(10(15)13-8)18-9-5-6(11(16)17)3-4-12-9/h3-5,7H,1-2H2,(H,16,17)(H,13,14,15). The number of nitrogens with zero attached hydrogens (tertiary/aromatic N) is 1. The van der Waals surface area contributed by atoms with E-state index in [-0.39, 0.29) is 17.4 Å². The Morgan fingerprint density at radius 3 is 2.94 bits per heavy atom. The lowest BCUT2D eigenvalue weighted by atomic mass is 10.1. The van der Waals surface area contributed by atoms with Crippen LogP contribution in [-0.4, -0.2) is 33.1 Å². The first kappa shape index (κ1) is 12.6. The van der Waals surface area contributed by atoms with Gasteiger partial charge in [0.15, 0.2) is 0 Å². The molecule has 1 aliphatic heterocycles. The van der Waals surface area contributed by atoms with Gasteiger partial charge in [-0.05, 0) is 18.6 Å². The van der Waals surface area contributed by atoms with Crippen LogP contribution >= 0.6 is 11.8 Å². The van der Waals surface area contributed by atoms with E-state index >= 15 is 0 Å². The zero-order valence-electron chi connectivity index (χ0n) is 9.25. The molecule has 0 aliphatic carbocycles. The maximum absolute atomic E-state index is 11.5. The Hall–Kier alpha value is -1.89. The molecule has 2 rings (SSSR count). The maximum atomic E-state index is 11.5. The van der Waals surface area contributed by atoms with Crippen LogP contribution in [-0.2, 0) is 9.59 Å². The second-order valence-corrected chi connectivity index (χ2v) is 4.97. The van der Waals surface area contributed by atoms with Gasteiger partial charge in [0.1, 0.15) is 0 Å². The van der Waals surface area contributed by atoms with E-state index in [4.69, 9.17) is 5.11 Å². The van der Waals surface area contributed by atoms with E-state index in [1.807, 2.05) is 0 Å². The van der Waals surface area contributed by atoms with Crippen LogP contribution in [0.15, 0.2) is 23.4 Å². The van der Waals surface area contributed by atoms with Crippen LogP contribution in [0, 0.1) is 0 Å². The predicted molar refractivity (Wildman–Crippen MR) is 63.2 cm³/mol. The van der Waals surface area contributed by atoms with Gasteiger partial charge in [-0.2, -0.15) is 0 Å². The number of aromatic carboxylic acids is 1. The van der Waals surface area contributed by atoms with E-state index in [0.717, 1.165) is 0 Å². The summed E-state index contributed by atoms with van der Waals surface area (Å²) in [4.78, 5) is 37.3. The fourth-order valence-corrected chi connectivity index (χ4v) is 2.55. The Kier molecular flexibility index (Phi) is 3.61. The van der Waals surface area contributed by atoms with Crippen molar-refractivity contribution in [2.24, 2.45) is 0 Å². The molecule has 0 spiro atoms. The number of piperidine rings is 1. The van der Waals surface area contributed by atoms with E-state index < -0.39 is 11.2 Å². The fraction of sp³-hybridized carbons (Fsp3) is 0.273. The molecule has 0 saturated carbocycles. The number of amides is 2. The molecule has 0 bridgehead atoms. The first-order valence-electron chi connectivity index (χ1n) is 5.26. The quantitative estimate of drug-likeness (QED) is 0.781. The summed E-state index contributed by atoms with van der Waals surface area (Å²) in [5.74, 6) is -1.66. The Morgan fingerprint density at radius 1 is 1.50 bits per heavy atom. The average Bonchev–Trinajstić information content (AvgIpc) is 2.33. The van der Waals surface area contributed by atoms with Crippen LogP contribution in [0.1, 0.15) is 23.2 Å². The summed E-state index contributed by atoms with van der Waals surface area (Å²) in [5.41, 5.74) is 0.125. The third kappa shape index (κ3) is 2.86. The molecule has 2 amide bonds. The van der Waals surface area contributed by atoms with Gasteiger partial charge < -0.3 is 5.11 Å². The maximum Gasteiger partial charge on any atom is 0.335 e. The Morgan fingerprint density at radius 2 is 2.28 bits per heavy atom. The number of rotatable bonds is 3. The minimum absolute atomic E-state index is 0.125. The molecule has 1 aromatic heterocycles. The lowest BCUT2D eigenvalue weighted by Crippen LogP contribution is -2.42. The van der Waals surface area contributed by atoms with Crippen LogP contribution in [0.4, 0.5) is 0 Å². The van der Waals surface area contributed by atoms with Gasteiger partial charge in [0, 0.05) is 12.6 Å². The van der Waals surface area contributed by atoms with Crippen molar-refractivity contribution in [1.82, 2.24) is 10.3 Å². The second kappa shape index (κ2) is 5.18. The first-order valence-corrected chi connectivity index (χ1v) is 6.14. The van der Waals surface area contributed by atoms with Gasteiger partial charge in [0.2, 0.25) is 11.8 Å². The van der Waals surface area contributed by atoms with E-state index in [0.29, 0.717) is 17.9 Å². The van der Waals surface area contributed by atoms with Crippen molar-refractivity contribution in [2.75, 3.05) is 0 Å². The second-order valence-electron chi connectivity index (χ2n) is 3.75. The molecule has 0 radical (unpaired) electrons. The van der Waals surface area contributed by atoms with Gasteiger partial charge in [0.25, 0.3) is 0 Å². The first-order chi connectivity index (χ1) is 8.56. The summed E-state index contributed by atoms with van der Waals surface area (Å²) in [7, 11) is 0. The van der Waals surface area contributed by atoms with E-state index in [9.17, 15) is 14.4 Å². The smallest absolute Gasteiger partial charge is 0.335 e. The minimum atomic E-state index is -1.04. The van der Waals surface area contributed by atoms with Crippen LogP contribution in [0.25, 0.3) is 0 Å². The molecule has 1 fully saturated rings. The molecule has 7 heteroatoms. The van der Waals surface area contributed by atoms with Crippen LogP contribution in [0.5, 0.6) is 0 Å². The van der Waals surface area contributed by atoms with E-state index in [2.05, 4.69) is 10.3 Å². The van der Waals surface area contributed by atoms with Gasteiger partial charge >= 0.3 is 5.97 Å². The fourth-order valence-electron chi connectivity index (χ4n) is 1.54. The number of pyridine rings is 1. The summed E-state index contributed by atoms with van der Waals surface area (Å²) in [6, 6.07) is 2.80. The highest BCUT2D eigenvalue weighted by Gasteiger charge is 2.27. The molecule has 1 saturated heterocycles. The Balaban J connectivity index is 2.09. The van der Waals surface area contributed by atoms with Gasteiger partial charge in [-0.25, -0.2) is 9.78 Å². The number of nitrogens with one attached hydrogen (secondary N) is 1. The van der Waals surface area contributed by atoms with Gasteiger partial charge in [-0.1, -0.05) is 11.8 Å². The Labute approximate surface area is 107 Å².